The van der Waals surface area contributed by atoms with E-state index in [4.69, 9.17) is 19.8 Å². The molecular weight excluding hydrogens is 537 g/mol. The molecule has 0 bridgehead atoms. The number of hydrogen-bond donors (Lipinski definition) is 0. The lowest BCUT2D eigenvalue weighted by Gasteiger charge is -2.24. The molecule has 1 aromatic carbocycles. The average molecular weight is 574 g/mol. The van der Waals surface area contributed by atoms with E-state index in [-0.39, 0.29) is 5.82 Å². The molecule has 2 unspecified atom stereocenters. The van der Waals surface area contributed by atoms with E-state index in [1.807, 2.05) is 16.5 Å². The third-order valence-electron chi connectivity index (χ3n) is 8.48. The van der Waals surface area contributed by atoms with Gasteiger partial charge in [-0.15, -0.1) is 5.10 Å². The Kier molecular flexibility index (Phi) is 8.17. The first-order valence-electron chi connectivity index (χ1n) is 14.7. The highest BCUT2D eigenvalue weighted by atomic mass is 32.1. The smallest absolute Gasteiger partial charge is 0.192 e. The lowest BCUT2D eigenvalue weighted by Crippen LogP contribution is -2.24. The minimum Gasteiger partial charge on any atom is -0.381 e. The number of aromatic nitrogens is 4. The van der Waals surface area contributed by atoms with Crippen molar-refractivity contribution in [2.45, 2.75) is 51.9 Å². The number of ether oxygens (including phenoxy) is 1. The number of thiazole rings is 1. The zero-order chi connectivity index (χ0) is 28.3. The molecular formula is C31H36FN7OS. The summed E-state index contributed by atoms with van der Waals surface area (Å²) in [5, 5.41) is 15.6. The Morgan fingerprint density at radius 3 is 2.66 bits per heavy atom. The van der Waals surface area contributed by atoms with Crippen LogP contribution in [0.4, 0.5) is 21.2 Å². The van der Waals surface area contributed by atoms with Crippen molar-refractivity contribution < 1.29 is 9.13 Å². The maximum Gasteiger partial charge on any atom is 0.192 e. The van der Waals surface area contributed by atoms with Gasteiger partial charge >= 0.3 is 0 Å². The van der Waals surface area contributed by atoms with Crippen molar-refractivity contribution in [2.75, 3.05) is 43.2 Å². The molecule has 2 fully saturated rings. The normalized spacial score (nSPS) is 20.0. The Morgan fingerprint density at radius 2 is 1.85 bits per heavy atom. The molecule has 0 radical (unpaired) electrons. The van der Waals surface area contributed by atoms with Crippen LogP contribution in [0.1, 0.15) is 56.0 Å². The van der Waals surface area contributed by atoms with Gasteiger partial charge in [-0.3, -0.25) is 0 Å². The largest absolute Gasteiger partial charge is 0.381 e. The summed E-state index contributed by atoms with van der Waals surface area (Å²) in [6.07, 6.45) is 8.05. The van der Waals surface area contributed by atoms with Gasteiger partial charge in [0.2, 0.25) is 0 Å². The molecule has 10 heteroatoms. The second kappa shape index (κ2) is 12.1. The third-order valence-corrected chi connectivity index (χ3v) is 9.51. The summed E-state index contributed by atoms with van der Waals surface area (Å²) in [7, 11) is 1.94. The number of benzene rings is 1. The fourth-order valence-electron chi connectivity index (χ4n) is 6.28. The van der Waals surface area contributed by atoms with Crippen LogP contribution in [0, 0.1) is 29.0 Å². The van der Waals surface area contributed by atoms with E-state index in [2.05, 4.69) is 30.0 Å². The molecule has 2 saturated heterocycles. The molecule has 0 saturated carbocycles. The number of hydrogen-bond acceptors (Lipinski definition) is 8. The molecule has 214 valence electrons. The van der Waals surface area contributed by atoms with Crippen molar-refractivity contribution in [3.8, 4) is 17.3 Å². The number of nitriles is 1. The van der Waals surface area contributed by atoms with E-state index in [1.165, 1.54) is 55.6 Å². The zero-order valence-electron chi connectivity index (χ0n) is 23.7. The van der Waals surface area contributed by atoms with Gasteiger partial charge in [-0.25, -0.2) is 14.4 Å². The number of nitrogens with zero attached hydrogens (tertiary/aromatic N) is 7. The van der Waals surface area contributed by atoms with Gasteiger partial charge in [-0.1, -0.05) is 31.1 Å². The van der Waals surface area contributed by atoms with Crippen molar-refractivity contribution in [3.63, 3.8) is 0 Å². The maximum atomic E-state index is 13.5. The average Bonchev–Trinajstić information content (AvgIpc) is 3.74. The minimum atomic E-state index is -0.320. The van der Waals surface area contributed by atoms with Gasteiger partial charge in [0.1, 0.15) is 28.3 Å². The molecule has 8 nitrogen and oxygen atoms in total. The molecule has 0 spiro atoms. The van der Waals surface area contributed by atoms with Crippen molar-refractivity contribution in [1.29, 1.82) is 5.26 Å². The van der Waals surface area contributed by atoms with Crippen LogP contribution >= 0.6 is 11.3 Å². The van der Waals surface area contributed by atoms with Crippen molar-refractivity contribution >= 4 is 33.8 Å². The van der Waals surface area contributed by atoms with Crippen LogP contribution in [0.15, 0.2) is 36.4 Å². The van der Waals surface area contributed by atoms with Crippen LogP contribution in [0.5, 0.6) is 0 Å². The van der Waals surface area contributed by atoms with Crippen molar-refractivity contribution in [2.24, 2.45) is 11.8 Å². The van der Waals surface area contributed by atoms with E-state index in [0.717, 1.165) is 68.0 Å². The Labute approximate surface area is 244 Å². The molecule has 4 aromatic rings. The number of rotatable bonds is 6. The number of halogens is 1. The summed E-state index contributed by atoms with van der Waals surface area (Å²) in [5.41, 5.74) is 2.97. The highest BCUT2D eigenvalue weighted by molar-refractivity contribution is 7.16. The number of fused-ring (bicyclic) bond motifs is 1. The van der Waals surface area contributed by atoms with E-state index in [0.29, 0.717) is 27.2 Å². The Balaban J connectivity index is 1.28. The van der Waals surface area contributed by atoms with Crippen LogP contribution in [-0.4, -0.2) is 52.9 Å². The summed E-state index contributed by atoms with van der Waals surface area (Å²) in [5.74, 6) is 2.93. The predicted molar refractivity (Wildman–Crippen MR) is 160 cm³/mol. The summed E-state index contributed by atoms with van der Waals surface area (Å²) < 4.78 is 21.2. The van der Waals surface area contributed by atoms with E-state index in [1.54, 1.807) is 12.1 Å². The monoisotopic (exact) mass is 573 g/mol. The van der Waals surface area contributed by atoms with Crippen molar-refractivity contribution in [3.05, 3.63) is 52.8 Å². The SMILES string of the molecule is CCc1nc2ccc(N3CCC(C4CCCCOCCC4)C3)nn2c1N(C)c1nc(-c2ccc(F)cc2)c(C#N)s1. The fourth-order valence-corrected chi connectivity index (χ4v) is 7.13. The first kappa shape index (κ1) is 27.6. The lowest BCUT2D eigenvalue weighted by molar-refractivity contribution is 0.129. The summed E-state index contributed by atoms with van der Waals surface area (Å²) in [4.78, 5) is 14.6. The van der Waals surface area contributed by atoms with Crippen LogP contribution in [-0.2, 0) is 11.2 Å². The second-order valence-electron chi connectivity index (χ2n) is 11.1. The fraction of sp³-hybridized carbons (Fsp3) is 0.484. The molecule has 0 amide bonds. The Hall–Kier alpha value is -3.55. The van der Waals surface area contributed by atoms with E-state index in [9.17, 15) is 9.65 Å². The molecule has 0 aliphatic carbocycles. The maximum absolute atomic E-state index is 13.5. The second-order valence-corrected chi connectivity index (χ2v) is 12.0. The lowest BCUT2D eigenvalue weighted by atomic mass is 9.84. The summed E-state index contributed by atoms with van der Waals surface area (Å²) in [6, 6.07) is 12.5. The topological polar surface area (TPSA) is 82.6 Å². The van der Waals surface area contributed by atoms with Gasteiger partial charge in [-0.05, 0) is 80.3 Å². The molecule has 41 heavy (non-hydrogen) atoms. The highest BCUT2D eigenvalue weighted by Gasteiger charge is 2.31. The Bertz CT molecular complexity index is 1530. The zero-order valence-corrected chi connectivity index (χ0v) is 24.5. The number of aryl methyl sites for hydroxylation is 1. The Morgan fingerprint density at radius 1 is 1.05 bits per heavy atom. The van der Waals surface area contributed by atoms with Gasteiger partial charge < -0.3 is 14.5 Å². The van der Waals surface area contributed by atoms with Gasteiger partial charge in [0.15, 0.2) is 16.6 Å². The van der Waals surface area contributed by atoms with Crippen LogP contribution in [0.3, 0.4) is 0 Å². The van der Waals surface area contributed by atoms with Crippen LogP contribution in [0.2, 0.25) is 0 Å². The highest BCUT2D eigenvalue weighted by Crippen LogP contribution is 2.38. The molecule has 2 aliphatic heterocycles. The number of anilines is 3. The minimum absolute atomic E-state index is 0.320. The molecule has 6 rings (SSSR count). The summed E-state index contributed by atoms with van der Waals surface area (Å²) in [6.45, 7) is 5.92. The number of imidazole rings is 1. The standard InChI is InChI=1S/C31H36FN7OS/c1-3-25-30(37(2)31-35-29(26(19-33)41-31)22-9-11-24(32)12-10-22)39-27(34-25)13-14-28(36-39)38-16-15-23(20-38)21-7-4-5-17-40-18-6-8-21/h9-14,21,23H,3-8,15-18,20H2,1-2H3. The third kappa shape index (κ3) is 5.66. The van der Waals surface area contributed by atoms with Gasteiger partial charge in [0.25, 0.3) is 0 Å². The molecule has 2 atom stereocenters. The van der Waals surface area contributed by atoms with Crippen molar-refractivity contribution in [1.82, 2.24) is 19.6 Å². The van der Waals surface area contributed by atoms with Gasteiger partial charge in [-0.2, -0.15) is 9.78 Å². The molecule has 3 aromatic heterocycles. The summed E-state index contributed by atoms with van der Waals surface area (Å²) >= 11 is 1.31. The molecule has 5 heterocycles. The van der Waals surface area contributed by atoms with Crippen LogP contribution < -0.4 is 9.80 Å². The first-order valence-corrected chi connectivity index (χ1v) is 15.5. The molecule has 2 aliphatic rings. The van der Waals surface area contributed by atoms with E-state index < -0.39 is 0 Å². The van der Waals surface area contributed by atoms with E-state index >= 15 is 0 Å². The van der Waals surface area contributed by atoms with Gasteiger partial charge in [0.05, 0.1) is 5.69 Å². The van der Waals surface area contributed by atoms with Crippen LogP contribution in [0.25, 0.3) is 16.9 Å². The first-order chi connectivity index (χ1) is 20.1. The predicted octanol–water partition coefficient (Wildman–Crippen LogP) is 6.62. The van der Waals surface area contributed by atoms with Gasteiger partial charge in [0, 0.05) is 38.9 Å². The quantitative estimate of drug-likeness (QED) is 0.256. The molecule has 0 N–H and O–H groups in total.